The molecule has 1 atom stereocenters. The van der Waals surface area contributed by atoms with E-state index in [0.29, 0.717) is 62.9 Å². The SMILES string of the molecule is COc1ccc(Cl)cc1Cn1c(-c2ccc(OCCC(C)C(=O)O)cc2Cl)nc2c(OC3(C)CC3)ncnc21. The molecule has 0 saturated heterocycles. The van der Waals surface area contributed by atoms with Gasteiger partial charge in [0, 0.05) is 16.1 Å². The Morgan fingerprint density at radius 3 is 2.67 bits per heavy atom. The van der Waals surface area contributed by atoms with Gasteiger partial charge in [-0.3, -0.25) is 4.79 Å². The fraction of sp³-hybridized carbons (Fsp3) is 0.357. The molecule has 1 fully saturated rings. The first-order valence-electron chi connectivity index (χ1n) is 12.6. The van der Waals surface area contributed by atoms with Crippen molar-refractivity contribution in [2.45, 2.75) is 45.3 Å². The fourth-order valence-electron chi connectivity index (χ4n) is 4.14. The second-order valence-electron chi connectivity index (χ2n) is 9.90. The van der Waals surface area contributed by atoms with Gasteiger partial charge in [-0.1, -0.05) is 30.1 Å². The van der Waals surface area contributed by atoms with Crippen LogP contribution < -0.4 is 14.2 Å². The second-order valence-corrected chi connectivity index (χ2v) is 10.7. The Morgan fingerprint density at radius 2 is 1.97 bits per heavy atom. The van der Waals surface area contributed by atoms with Crippen molar-refractivity contribution in [3.8, 4) is 28.8 Å². The van der Waals surface area contributed by atoms with Crippen molar-refractivity contribution >= 4 is 40.3 Å². The number of ether oxygens (including phenoxy) is 3. The van der Waals surface area contributed by atoms with E-state index in [0.717, 1.165) is 18.4 Å². The van der Waals surface area contributed by atoms with Gasteiger partial charge in [0.1, 0.15) is 29.3 Å². The Bertz CT molecular complexity index is 1540. The number of carboxylic acids is 1. The Morgan fingerprint density at radius 1 is 1.18 bits per heavy atom. The number of carbonyl (C=O) groups is 1. The predicted molar refractivity (Wildman–Crippen MR) is 148 cm³/mol. The average Bonchev–Trinajstić information content (AvgIpc) is 3.52. The summed E-state index contributed by atoms with van der Waals surface area (Å²) in [5.41, 5.74) is 2.35. The van der Waals surface area contributed by atoms with Crippen LogP contribution >= 0.6 is 23.2 Å². The fourth-order valence-corrected chi connectivity index (χ4v) is 4.59. The highest BCUT2D eigenvalue weighted by Crippen LogP contribution is 2.41. The number of methoxy groups -OCH3 is 1. The van der Waals surface area contributed by atoms with E-state index in [9.17, 15) is 4.79 Å². The molecule has 1 saturated carbocycles. The summed E-state index contributed by atoms with van der Waals surface area (Å²) in [7, 11) is 1.61. The van der Waals surface area contributed by atoms with Crippen LogP contribution in [0, 0.1) is 5.92 Å². The van der Waals surface area contributed by atoms with Crippen molar-refractivity contribution in [1.29, 1.82) is 0 Å². The first-order chi connectivity index (χ1) is 18.7. The van der Waals surface area contributed by atoms with Crippen LogP contribution in [0.3, 0.4) is 0 Å². The van der Waals surface area contributed by atoms with E-state index in [1.165, 1.54) is 6.33 Å². The number of imidazole rings is 1. The molecule has 1 N–H and O–H groups in total. The molecular weight excluding hydrogens is 543 g/mol. The van der Waals surface area contributed by atoms with E-state index in [1.807, 2.05) is 29.7 Å². The maximum Gasteiger partial charge on any atom is 0.306 e. The average molecular weight is 571 g/mol. The molecule has 39 heavy (non-hydrogen) atoms. The number of aliphatic carboxylic acids is 1. The van der Waals surface area contributed by atoms with E-state index in [4.69, 9.17) is 47.5 Å². The van der Waals surface area contributed by atoms with Crippen molar-refractivity contribution in [3.05, 3.63) is 58.3 Å². The first kappa shape index (κ1) is 27.0. The van der Waals surface area contributed by atoms with Crippen molar-refractivity contribution in [1.82, 2.24) is 19.5 Å². The van der Waals surface area contributed by atoms with Gasteiger partial charge in [-0.15, -0.1) is 0 Å². The molecule has 2 aromatic heterocycles. The van der Waals surface area contributed by atoms with Gasteiger partial charge in [-0.2, -0.15) is 4.98 Å². The number of benzene rings is 2. The quantitative estimate of drug-likeness (QED) is 0.224. The molecule has 1 unspecified atom stereocenters. The van der Waals surface area contributed by atoms with Gasteiger partial charge in [0.25, 0.3) is 0 Å². The number of aromatic nitrogens is 4. The van der Waals surface area contributed by atoms with Crippen LogP contribution in [0.2, 0.25) is 10.0 Å². The molecule has 4 aromatic rings. The van der Waals surface area contributed by atoms with Crippen molar-refractivity contribution in [3.63, 3.8) is 0 Å². The third-order valence-electron chi connectivity index (χ3n) is 6.79. The number of hydrogen-bond acceptors (Lipinski definition) is 7. The molecule has 9 nitrogen and oxygen atoms in total. The van der Waals surface area contributed by atoms with Crippen molar-refractivity contribution in [2.24, 2.45) is 5.92 Å². The Hall–Kier alpha value is -3.56. The highest BCUT2D eigenvalue weighted by atomic mass is 35.5. The molecule has 0 radical (unpaired) electrons. The lowest BCUT2D eigenvalue weighted by molar-refractivity contribution is -0.141. The molecule has 1 aliphatic carbocycles. The summed E-state index contributed by atoms with van der Waals surface area (Å²) in [4.78, 5) is 24.9. The number of carboxylic acid groups (broad SMARTS) is 1. The van der Waals surface area contributed by atoms with Crippen LogP contribution in [-0.2, 0) is 11.3 Å². The first-order valence-corrected chi connectivity index (χ1v) is 13.3. The second kappa shape index (κ2) is 10.9. The maximum absolute atomic E-state index is 11.1. The number of hydrogen-bond donors (Lipinski definition) is 1. The van der Waals surface area contributed by atoms with Crippen LogP contribution in [0.4, 0.5) is 0 Å². The molecule has 0 amide bonds. The molecule has 5 rings (SSSR count). The van der Waals surface area contributed by atoms with Gasteiger partial charge in [0.2, 0.25) is 5.88 Å². The summed E-state index contributed by atoms with van der Waals surface area (Å²) in [6.45, 7) is 4.30. The zero-order chi connectivity index (χ0) is 27.7. The number of nitrogens with zero attached hydrogens (tertiary/aromatic N) is 4. The van der Waals surface area contributed by atoms with Crippen LogP contribution in [0.15, 0.2) is 42.7 Å². The topological polar surface area (TPSA) is 109 Å². The van der Waals surface area contributed by atoms with Gasteiger partial charge in [-0.25, -0.2) is 9.97 Å². The van der Waals surface area contributed by atoms with Crippen LogP contribution in [0.25, 0.3) is 22.6 Å². The van der Waals surface area contributed by atoms with E-state index in [2.05, 4.69) is 9.97 Å². The normalized spacial score (nSPS) is 14.7. The number of halogens is 2. The molecular formula is C28H28Cl2N4O5. The van der Waals surface area contributed by atoms with Gasteiger partial charge >= 0.3 is 5.97 Å². The summed E-state index contributed by atoms with van der Waals surface area (Å²) in [6, 6.07) is 10.7. The lowest BCUT2D eigenvalue weighted by Crippen LogP contribution is -2.13. The summed E-state index contributed by atoms with van der Waals surface area (Å²) in [6.07, 6.45) is 3.75. The van der Waals surface area contributed by atoms with Gasteiger partial charge < -0.3 is 23.9 Å². The Labute approximate surface area is 235 Å². The monoisotopic (exact) mass is 570 g/mol. The minimum absolute atomic E-state index is 0.254. The smallest absolute Gasteiger partial charge is 0.306 e. The van der Waals surface area contributed by atoms with Crippen LogP contribution in [0.5, 0.6) is 17.4 Å². The molecule has 11 heteroatoms. The van der Waals surface area contributed by atoms with E-state index >= 15 is 0 Å². The van der Waals surface area contributed by atoms with Gasteiger partial charge in [0.15, 0.2) is 11.2 Å². The van der Waals surface area contributed by atoms with E-state index < -0.39 is 11.9 Å². The molecule has 0 bridgehead atoms. The number of rotatable bonds is 11. The summed E-state index contributed by atoms with van der Waals surface area (Å²) >= 11 is 13.1. The van der Waals surface area contributed by atoms with Gasteiger partial charge in [0.05, 0.1) is 31.2 Å². The summed E-state index contributed by atoms with van der Waals surface area (Å²) in [5.74, 6) is 0.832. The van der Waals surface area contributed by atoms with E-state index in [-0.39, 0.29) is 12.2 Å². The molecule has 1 aliphatic rings. The summed E-state index contributed by atoms with van der Waals surface area (Å²) < 4.78 is 19.5. The van der Waals surface area contributed by atoms with Crippen molar-refractivity contribution in [2.75, 3.05) is 13.7 Å². The minimum atomic E-state index is -0.857. The third-order valence-corrected chi connectivity index (χ3v) is 7.34. The molecule has 2 aromatic carbocycles. The molecule has 2 heterocycles. The lowest BCUT2D eigenvalue weighted by atomic mass is 10.1. The predicted octanol–water partition coefficient (Wildman–Crippen LogP) is 6.28. The minimum Gasteiger partial charge on any atom is -0.496 e. The zero-order valence-electron chi connectivity index (χ0n) is 21.8. The molecule has 204 valence electrons. The van der Waals surface area contributed by atoms with Gasteiger partial charge in [-0.05, 0) is 62.6 Å². The summed E-state index contributed by atoms with van der Waals surface area (Å²) in [5, 5.41) is 10.1. The number of fused-ring (bicyclic) bond motifs is 1. The third kappa shape index (κ3) is 5.89. The molecule has 0 spiro atoms. The largest absolute Gasteiger partial charge is 0.496 e. The van der Waals surface area contributed by atoms with Crippen molar-refractivity contribution < 1.29 is 24.1 Å². The highest BCUT2D eigenvalue weighted by Gasteiger charge is 2.41. The Kier molecular flexibility index (Phi) is 7.55. The van der Waals surface area contributed by atoms with Crippen LogP contribution in [-0.4, -0.2) is 49.9 Å². The zero-order valence-corrected chi connectivity index (χ0v) is 23.3. The van der Waals surface area contributed by atoms with E-state index in [1.54, 1.807) is 32.2 Å². The van der Waals surface area contributed by atoms with Crippen LogP contribution in [0.1, 0.15) is 38.7 Å². The highest BCUT2D eigenvalue weighted by molar-refractivity contribution is 6.33. The maximum atomic E-state index is 11.1. The standard InChI is InChI=1S/C28H28Cl2N4O5/c1-16(27(35)36)8-11-38-19-5-6-20(21(30)13-19)24-33-23-25(31-15-32-26(23)39-28(2)9-10-28)34(24)14-17-12-18(29)4-7-22(17)37-3/h4-7,12-13,15-16H,8-11,14H2,1-3H3,(H,35,36). The Balaban J connectivity index is 1.55. The molecule has 0 aliphatic heterocycles. The lowest BCUT2D eigenvalue weighted by Gasteiger charge is -2.14.